The zero-order valence-corrected chi connectivity index (χ0v) is 9.16. The van der Waals surface area contributed by atoms with Gasteiger partial charge in [0.1, 0.15) is 5.65 Å². The highest BCUT2D eigenvalue weighted by molar-refractivity contribution is 5.74. The molecule has 0 unspecified atom stereocenters. The van der Waals surface area contributed by atoms with Gasteiger partial charge in [-0.05, 0) is 25.0 Å². The first-order valence-electron chi connectivity index (χ1n) is 5.08. The summed E-state index contributed by atoms with van der Waals surface area (Å²) in [5.41, 5.74) is 2.58. The molecule has 15 heavy (non-hydrogen) atoms. The first-order valence-corrected chi connectivity index (χ1v) is 5.08. The lowest BCUT2D eigenvalue weighted by Gasteiger charge is -2.06. The summed E-state index contributed by atoms with van der Waals surface area (Å²) in [7, 11) is 0. The van der Waals surface area contributed by atoms with E-state index >= 15 is 0 Å². The standard InChI is InChI=1S/C12H14N2O/c1-7(2)10-6-11(15)9-5-4-8(3)13-12(9)14-10/h4-7H,1-3H3,(H,13,14,15). The number of rotatable bonds is 1. The number of aryl methyl sites for hydroxylation is 1. The van der Waals surface area contributed by atoms with Crippen LogP contribution >= 0.6 is 0 Å². The Labute approximate surface area is 88.2 Å². The Morgan fingerprint density at radius 1 is 1.33 bits per heavy atom. The van der Waals surface area contributed by atoms with Gasteiger partial charge in [-0.1, -0.05) is 13.8 Å². The summed E-state index contributed by atoms with van der Waals surface area (Å²) in [6.45, 7) is 6.01. The first-order chi connectivity index (χ1) is 7.08. The third-order valence-electron chi connectivity index (χ3n) is 2.47. The van der Waals surface area contributed by atoms with Gasteiger partial charge in [0.25, 0.3) is 0 Å². The van der Waals surface area contributed by atoms with Crippen molar-refractivity contribution in [2.75, 3.05) is 0 Å². The van der Waals surface area contributed by atoms with Crippen molar-refractivity contribution in [1.29, 1.82) is 0 Å². The molecule has 0 amide bonds. The minimum atomic E-state index is 0.0416. The number of hydrogen-bond acceptors (Lipinski definition) is 2. The van der Waals surface area contributed by atoms with Crippen LogP contribution in [0.4, 0.5) is 0 Å². The molecule has 2 rings (SSSR count). The van der Waals surface area contributed by atoms with Gasteiger partial charge in [0, 0.05) is 17.5 Å². The van der Waals surface area contributed by atoms with Crippen molar-refractivity contribution in [3.8, 4) is 0 Å². The van der Waals surface area contributed by atoms with Crippen molar-refractivity contribution in [1.82, 2.24) is 9.97 Å². The predicted octanol–water partition coefficient (Wildman–Crippen LogP) is 2.35. The molecule has 0 aromatic carbocycles. The maximum absolute atomic E-state index is 11.8. The highest BCUT2D eigenvalue weighted by atomic mass is 16.1. The Hall–Kier alpha value is -1.64. The van der Waals surface area contributed by atoms with Crippen LogP contribution in [0.3, 0.4) is 0 Å². The summed E-state index contributed by atoms with van der Waals surface area (Å²) in [6.07, 6.45) is 0. The molecule has 0 saturated heterocycles. The lowest BCUT2D eigenvalue weighted by atomic mass is 10.1. The van der Waals surface area contributed by atoms with Crippen LogP contribution in [0, 0.1) is 6.92 Å². The summed E-state index contributed by atoms with van der Waals surface area (Å²) in [5, 5.41) is 0.657. The highest BCUT2D eigenvalue weighted by Gasteiger charge is 2.05. The molecule has 3 nitrogen and oxygen atoms in total. The fourth-order valence-corrected chi connectivity index (χ4v) is 1.55. The van der Waals surface area contributed by atoms with Crippen LogP contribution in [-0.2, 0) is 0 Å². The summed E-state index contributed by atoms with van der Waals surface area (Å²) in [4.78, 5) is 19.3. The smallest absolute Gasteiger partial charge is 0.191 e. The van der Waals surface area contributed by atoms with E-state index in [-0.39, 0.29) is 5.43 Å². The molecule has 1 N–H and O–H groups in total. The van der Waals surface area contributed by atoms with Crippen LogP contribution in [-0.4, -0.2) is 9.97 Å². The molecule has 78 valence electrons. The molecule has 2 heterocycles. The van der Waals surface area contributed by atoms with Crippen molar-refractivity contribution < 1.29 is 0 Å². The zero-order valence-electron chi connectivity index (χ0n) is 9.16. The van der Waals surface area contributed by atoms with E-state index < -0.39 is 0 Å². The number of aromatic amines is 1. The summed E-state index contributed by atoms with van der Waals surface area (Å²) in [5.74, 6) is 0.310. The third-order valence-corrected chi connectivity index (χ3v) is 2.47. The molecule has 0 aliphatic rings. The van der Waals surface area contributed by atoms with Crippen LogP contribution in [0.1, 0.15) is 31.2 Å². The van der Waals surface area contributed by atoms with E-state index in [1.807, 2.05) is 32.9 Å². The Bertz CT molecular complexity index is 555. The third kappa shape index (κ3) is 1.77. The van der Waals surface area contributed by atoms with Crippen LogP contribution in [0.25, 0.3) is 11.0 Å². The first kappa shape index (κ1) is 9.90. The molecule has 2 aromatic heterocycles. The van der Waals surface area contributed by atoms with Crippen molar-refractivity contribution in [2.45, 2.75) is 26.7 Å². The van der Waals surface area contributed by atoms with Gasteiger partial charge in [0.2, 0.25) is 0 Å². The quantitative estimate of drug-likeness (QED) is 0.771. The Morgan fingerprint density at radius 3 is 2.73 bits per heavy atom. The van der Waals surface area contributed by atoms with Gasteiger partial charge >= 0.3 is 0 Å². The Balaban J connectivity index is 2.80. The van der Waals surface area contributed by atoms with Crippen LogP contribution in [0.5, 0.6) is 0 Å². The summed E-state index contributed by atoms with van der Waals surface area (Å²) in [6, 6.07) is 5.33. The van der Waals surface area contributed by atoms with E-state index in [1.54, 1.807) is 6.07 Å². The number of nitrogens with zero attached hydrogens (tertiary/aromatic N) is 1. The number of fused-ring (bicyclic) bond motifs is 1. The van der Waals surface area contributed by atoms with Crippen molar-refractivity contribution in [2.24, 2.45) is 0 Å². The molecular formula is C12H14N2O. The lowest BCUT2D eigenvalue weighted by molar-refractivity contribution is 0.825. The number of hydrogen-bond donors (Lipinski definition) is 1. The van der Waals surface area contributed by atoms with Gasteiger partial charge < -0.3 is 4.98 Å². The second kappa shape index (κ2) is 3.50. The van der Waals surface area contributed by atoms with Crippen LogP contribution < -0.4 is 5.43 Å². The molecule has 0 aliphatic carbocycles. The second-order valence-electron chi connectivity index (χ2n) is 4.09. The normalized spacial score (nSPS) is 11.2. The van der Waals surface area contributed by atoms with Crippen molar-refractivity contribution >= 4 is 11.0 Å². The molecule has 3 heteroatoms. The molecule has 2 aromatic rings. The van der Waals surface area contributed by atoms with Crippen LogP contribution in [0.2, 0.25) is 0 Å². The fraction of sp³-hybridized carbons (Fsp3) is 0.333. The minimum Gasteiger partial charge on any atom is -0.343 e. The van der Waals surface area contributed by atoms with E-state index in [0.717, 1.165) is 11.4 Å². The average Bonchev–Trinajstić information content (AvgIpc) is 2.16. The highest BCUT2D eigenvalue weighted by Crippen LogP contribution is 2.13. The largest absolute Gasteiger partial charge is 0.343 e. The van der Waals surface area contributed by atoms with Gasteiger partial charge in [-0.25, -0.2) is 4.98 Å². The van der Waals surface area contributed by atoms with Gasteiger partial charge in [-0.2, -0.15) is 0 Å². The van der Waals surface area contributed by atoms with E-state index in [0.29, 0.717) is 17.0 Å². The van der Waals surface area contributed by atoms with Crippen LogP contribution in [0.15, 0.2) is 23.0 Å². The topological polar surface area (TPSA) is 45.8 Å². The van der Waals surface area contributed by atoms with Gasteiger partial charge in [-0.15, -0.1) is 0 Å². The molecule has 0 fully saturated rings. The molecular weight excluding hydrogens is 188 g/mol. The SMILES string of the molecule is Cc1ccc2c(=O)cc(C(C)C)[nH]c2n1. The average molecular weight is 202 g/mol. The van der Waals surface area contributed by atoms with Gasteiger partial charge in [0.05, 0.1) is 5.39 Å². The number of nitrogens with one attached hydrogen (secondary N) is 1. The molecule has 0 aliphatic heterocycles. The van der Waals surface area contributed by atoms with Gasteiger partial charge in [-0.3, -0.25) is 4.79 Å². The molecule has 0 spiro atoms. The number of H-pyrrole nitrogens is 1. The maximum Gasteiger partial charge on any atom is 0.191 e. The summed E-state index contributed by atoms with van der Waals surface area (Å²) >= 11 is 0. The van der Waals surface area contributed by atoms with Crippen molar-refractivity contribution in [3.63, 3.8) is 0 Å². The summed E-state index contributed by atoms with van der Waals surface area (Å²) < 4.78 is 0. The van der Waals surface area contributed by atoms with E-state index in [2.05, 4.69) is 9.97 Å². The Morgan fingerprint density at radius 2 is 2.07 bits per heavy atom. The number of aromatic nitrogens is 2. The molecule has 0 atom stereocenters. The predicted molar refractivity (Wildman–Crippen MR) is 61.2 cm³/mol. The minimum absolute atomic E-state index is 0.0416. The van der Waals surface area contributed by atoms with Gasteiger partial charge in [0.15, 0.2) is 5.43 Å². The van der Waals surface area contributed by atoms with E-state index in [9.17, 15) is 4.79 Å². The maximum atomic E-state index is 11.8. The molecule has 0 bridgehead atoms. The lowest BCUT2D eigenvalue weighted by Crippen LogP contribution is -2.07. The second-order valence-corrected chi connectivity index (χ2v) is 4.09. The molecule has 0 radical (unpaired) electrons. The number of pyridine rings is 2. The zero-order chi connectivity index (χ0) is 11.0. The Kier molecular flexibility index (Phi) is 2.31. The molecule has 0 saturated carbocycles. The van der Waals surface area contributed by atoms with E-state index in [4.69, 9.17) is 0 Å². The van der Waals surface area contributed by atoms with Crippen molar-refractivity contribution in [3.05, 3.63) is 39.8 Å². The monoisotopic (exact) mass is 202 g/mol. The fourth-order valence-electron chi connectivity index (χ4n) is 1.55. The van der Waals surface area contributed by atoms with E-state index in [1.165, 1.54) is 0 Å².